The van der Waals surface area contributed by atoms with Crippen LogP contribution in [0, 0.1) is 0 Å². The second-order valence-corrected chi connectivity index (χ2v) is 10.5. The number of hydrogen-bond acceptors (Lipinski definition) is 10. The van der Waals surface area contributed by atoms with Crippen molar-refractivity contribution in [1.29, 1.82) is 0 Å². The summed E-state index contributed by atoms with van der Waals surface area (Å²) in [4.78, 5) is 56.9. The Labute approximate surface area is 209 Å². The van der Waals surface area contributed by atoms with Crippen LogP contribution in [0.15, 0.2) is 77.9 Å². The first-order chi connectivity index (χ1) is 16.9. The number of rotatable bonds is 13. The van der Waals surface area contributed by atoms with E-state index >= 15 is 0 Å². The van der Waals surface area contributed by atoms with Crippen LogP contribution >= 0.6 is 15.6 Å². The molecule has 0 heterocycles. The van der Waals surface area contributed by atoms with E-state index in [2.05, 4.69) is 8.83 Å². The first kappa shape index (κ1) is 29.5. The highest BCUT2D eigenvalue weighted by atomic mass is 31.3. The van der Waals surface area contributed by atoms with E-state index < -0.39 is 28.2 Å². The second kappa shape index (κ2) is 13.6. The SMILES string of the molecule is C/C(=C\COP(=O)([O-])OP(=O)([O-])[O-])CC/C=C(\C)COC(=O)c1cccc(C(=O)c2ccccc2)c1. The topological polar surface area (TPSA) is 165 Å². The van der Waals surface area contributed by atoms with Crippen molar-refractivity contribution in [3.8, 4) is 0 Å². The molecule has 12 heteroatoms. The second-order valence-electron chi connectivity index (χ2n) is 7.76. The Balaban J connectivity index is 1.81. The van der Waals surface area contributed by atoms with E-state index in [0.717, 1.165) is 11.1 Å². The van der Waals surface area contributed by atoms with Gasteiger partial charge in [0.2, 0.25) is 0 Å². The fraction of sp³-hybridized carbons (Fsp3) is 0.250. The number of hydrogen-bond donors (Lipinski definition) is 0. The van der Waals surface area contributed by atoms with Crippen molar-refractivity contribution in [3.63, 3.8) is 0 Å². The minimum absolute atomic E-state index is 0.0444. The summed E-state index contributed by atoms with van der Waals surface area (Å²) in [6, 6.07) is 15.0. The number of ether oxygens (including phenoxy) is 1. The van der Waals surface area contributed by atoms with E-state index in [1.807, 2.05) is 12.1 Å². The number of carbonyl (C=O) groups excluding carboxylic acids is 2. The predicted molar refractivity (Wildman–Crippen MR) is 126 cm³/mol. The zero-order valence-electron chi connectivity index (χ0n) is 19.7. The van der Waals surface area contributed by atoms with Gasteiger partial charge in [-0.15, -0.1) is 0 Å². The Kier molecular flexibility index (Phi) is 11.1. The summed E-state index contributed by atoms with van der Waals surface area (Å²) in [6.45, 7) is 3.04. The molecule has 0 aliphatic heterocycles. The third-order valence-electron chi connectivity index (χ3n) is 4.72. The zero-order valence-corrected chi connectivity index (χ0v) is 21.4. The molecule has 2 aromatic rings. The van der Waals surface area contributed by atoms with E-state index in [1.54, 1.807) is 56.3 Å². The van der Waals surface area contributed by atoms with Crippen LogP contribution in [0.1, 0.15) is 53.0 Å². The summed E-state index contributed by atoms with van der Waals surface area (Å²) in [5.41, 5.74) is 2.67. The molecule has 0 saturated heterocycles. The Hall–Kier alpha value is -2.68. The van der Waals surface area contributed by atoms with Crippen molar-refractivity contribution >= 4 is 27.4 Å². The summed E-state index contributed by atoms with van der Waals surface area (Å²) < 4.78 is 34.5. The Bertz CT molecular complexity index is 1210. The van der Waals surface area contributed by atoms with Crippen LogP contribution < -0.4 is 14.7 Å². The number of phosphoric ester groups is 1. The van der Waals surface area contributed by atoms with Crippen molar-refractivity contribution in [2.24, 2.45) is 0 Å². The lowest BCUT2D eigenvalue weighted by Crippen LogP contribution is -2.19. The molecule has 0 N–H and O–H groups in total. The fourth-order valence-electron chi connectivity index (χ4n) is 2.93. The number of carbonyl (C=O) groups is 2. The summed E-state index contributed by atoms with van der Waals surface area (Å²) in [7, 11) is -11.0. The lowest BCUT2D eigenvalue weighted by Gasteiger charge is -2.34. The molecule has 0 fully saturated rings. The number of ketones is 1. The molecule has 10 nitrogen and oxygen atoms in total. The van der Waals surface area contributed by atoms with Crippen molar-refractivity contribution in [2.75, 3.05) is 13.2 Å². The molecule has 1 unspecified atom stereocenters. The van der Waals surface area contributed by atoms with Gasteiger partial charge in [0, 0.05) is 11.1 Å². The van der Waals surface area contributed by atoms with Gasteiger partial charge in [0.05, 0.1) is 20.0 Å². The molecule has 36 heavy (non-hydrogen) atoms. The molecule has 2 rings (SSSR count). The molecule has 0 bridgehead atoms. The third kappa shape index (κ3) is 10.9. The lowest BCUT2D eigenvalue weighted by molar-refractivity contribution is -0.339. The standard InChI is InChI=1S/C24H28O10P2/c1-18(14-15-33-36(30,31)34-35(27,28)29)8-6-9-19(2)17-32-24(26)22-13-7-12-21(16-22)23(25)20-10-4-3-5-11-20/h3-5,7,9-14,16H,6,8,15,17H2,1-2H3,(H,30,31)(H2,27,28,29)/p-3/b18-14+,19-9+. The van der Waals surface area contributed by atoms with Gasteiger partial charge in [-0.05, 0) is 44.4 Å². The van der Waals surface area contributed by atoms with Crippen LogP contribution in [0.25, 0.3) is 0 Å². The highest BCUT2D eigenvalue weighted by Crippen LogP contribution is 2.50. The van der Waals surface area contributed by atoms with Crippen LogP contribution in [0.5, 0.6) is 0 Å². The molecule has 0 aliphatic carbocycles. The van der Waals surface area contributed by atoms with Crippen molar-refractivity contribution in [3.05, 3.63) is 94.6 Å². The molecular formula is C24H25O10P2-3. The lowest BCUT2D eigenvalue weighted by atomic mass is 10.0. The number of allylic oxidation sites excluding steroid dienone is 2. The number of phosphoric acid groups is 2. The molecule has 194 valence electrons. The highest BCUT2D eigenvalue weighted by Gasteiger charge is 2.13. The summed E-state index contributed by atoms with van der Waals surface area (Å²) in [6.07, 6.45) is 4.31. The van der Waals surface area contributed by atoms with Crippen molar-refractivity contribution in [1.82, 2.24) is 0 Å². The first-order valence-corrected chi connectivity index (χ1v) is 13.7. The maximum Gasteiger partial charge on any atom is 0.338 e. The smallest absolute Gasteiger partial charge is 0.338 e. The summed E-state index contributed by atoms with van der Waals surface area (Å²) in [5.74, 6) is -0.764. The number of benzene rings is 2. The first-order valence-electron chi connectivity index (χ1n) is 10.7. The molecule has 0 aromatic heterocycles. The van der Waals surface area contributed by atoms with Crippen LogP contribution in [0.3, 0.4) is 0 Å². The minimum atomic E-state index is -5.71. The molecule has 1 atom stereocenters. The Morgan fingerprint density at radius 3 is 2.17 bits per heavy atom. The molecule has 2 aromatic carbocycles. The van der Waals surface area contributed by atoms with Gasteiger partial charge in [0.25, 0.3) is 7.82 Å². The van der Waals surface area contributed by atoms with E-state index in [4.69, 9.17) is 4.74 Å². The van der Waals surface area contributed by atoms with Gasteiger partial charge in [-0.3, -0.25) is 13.7 Å². The monoisotopic (exact) mass is 535 g/mol. The van der Waals surface area contributed by atoms with Gasteiger partial charge < -0.3 is 28.5 Å². The Morgan fingerprint density at radius 2 is 1.50 bits per heavy atom. The van der Waals surface area contributed by atoms with Gasteiger partial charge in [0.15, 0.2) is 5.78 Å². The van der Waals surface area contributed by atoms with Gasteiger partial charge >= 0.3 is 5.97 Å². The largest absolute Gasteiger partial charge is 0.790 e. The highest BCUT2D eigenvalue weighted by molar-refractivity contribution is 7.58. The van der Waals surface area contributed by atoms with Gasteiger partial charge in [0.1, 0.15) is 6.61 Å². The van der Waals surface area contributed by atoms with Crippen molar-refractivity contribution in [2.45, 2.75) is 26.7 Å². The molecule has 0 amide bonds. The normalized spacial score (nSPS) is 14.2. The predicted octanol–water partition coefficient (Wildman–Crippen LogP) is 3.08. The molecule has 0 radical (unpaired) electrons. The van der Waals surface area contributed by atoms with Gasteiger partial charge in [-0.1, -0.05) is 60.2 Å². The van der Waals surface area contributed by atoms with E-state index in [9.17, 15) is 33.4 Å². The molecule has 0 saturated carbocycles. The average Bonchev–Trinajstić information content (AvgIpc) is 2.81. The zero-order chi connectivity index (χ0) is 26.8. The Morgan fingerprint density at radius 1 is 0.861 bits per heavy atom. The fourth-order valence-corrected chi connectivity index (χ4v) is 4.36. The van der Waals surface area contributed by atoms with Crippen LogP contribution in [-0.2, 0) is 22.7 Å². The maximum absolute atomic E-state index is 12.6. The minimum Gasteiger partial charge on any atom is -0.790 e. The summed E-state index contributed by atoms with van der Waals surface area (Å²) >= 11 is 0. The van der Waals surface area contributed by atoms with Crippen molar-refractivity contribution < 1.29 is 47.0 Å². The molecule has 0 aliphatic rings. The van der Waals surface area contributed by atoms with E-state index in [-0.39, 0.29) is 18.0 Å². The molecule has 0 spiro atoms. The molecular weight excluding hydrogens is 510 g/mol. The van der Waals surface area contributed by atoms with Crippen LogP contribution in [0.2, 0.25) is 0 Å². The average molecular weight is 535 g/mol. The van der Waals surface area contributed by atoms with E-state index in [1.165, 1.54) is 12.1 Å². The van der Waals surface area contributed by atoms with E-state index in [0.29, 0.717) is 24.0 Å². The van der Waals surface area contributed by atoms with Gasteiger partial charge in [-0.2, -0.15) is 0 Å². The van der Waals surface area contributed by atoms with Crippen LogP contribution in [0.4, 0.5) is 0 Å². The maximum atomic E-state index is 12.6. The summed E-state index contributed by atoms with van der Waals surface area (Å²) in [5, 5.41) is 0. The quantitative estimate of drug-likeness (QED) is 0.161. The third-order valence-corrected chi connectivity index (χ3v) is 6.79. The van der Waals surface area contributed by atoms with Crippen LogP contribution in [-0.4, -0.2) is 25.0 Å². The number of esters is 1. The van der Waals surface area contributed by atoms with Gasteiger partial charge in [-0.25, -0.2) is 4.79 Å².